The first-order valence-corrected chi connectivity index (χ1v) is 4.51. The van der Waals surface area contributed by atoms with Gasteiger partial charge in [-0.1, -0.05) is 12.1 Å². The van der Waals surface area contributed by atoms with E-state index in [0.717, 1.165) is 10.0 Å². The number of rotatable bonds is 2. The van der Waals surface area contributed by atoms with E-state index in [4.69, 9.17) is 4.89 Å². The highest BCUT2D eigenvalue weighted by atomic mass is 79.9. The molecule has 0 saturated carbocycles. The molecule has 0 heterocycles. The second-order valence-electron chi connectivity index (χ2n) is 2.55. The van der Waals surface area contributed by atoms with E-state index in [1.54, 1.807) is 6.07 Å². The van der Waals surface area contributed by atoms with Crippen LogP contribution in [0.5, 0.6) is 5.75 Å². The van der Waals surface area contributed by atoms with Crippen LogP contribution in [0.3, 0.4) is 0 Å². The van der Waals surface area contributed by atoms with Crippen molar-refractivity contribution in [3.05, 3.63) is 28.2 Å². The molecule has 0 amide bonds. The molecule has 0 saturated heterocycles. The smallest absolute Gasteiger partial charge is 0.286 e. The molecule has 13 heavy (non-hydrogen) atoms. The van der Waals surface area contributed by atoms with Crippen LogP contribution in [0.15, 0.2) is 22.7 Å². The predicted molar refractivity (Wildman–Crippen MR) is 51.3 cm³/mol. The number of carbonyl (C=O) groups is 1. The lowest BCUT2D eigenvalue weighted by Crippen LogP contribution is -2.03. The summed E-state index contributed by atoms with van der Waals surface area (Å²) in [6, 6.07) is 5.45. The van der Waals surface area contributed by atoms with Crippen molar-refractivity contribution in [1.29, 1.82) is 0 Å². The zero-order valence-corrected chi connectivity index (χ0v) is 8.92. The summed E-state index contributed by atoms with van der Waals surface area (Å²) >= 11 is 3.31. The standard InChI is InChI=1S/C9H9BrO3/c1-6-4-3-5-8(9(6)10)13-12-7(2)11/h3-5H,1-2H3. The predicted octanol–water partition coefficient (Wildman–Crippen LogP) is 2.61. The topological polar surface area (TPSA) is 35.5 Å². The van der Waals surface area contributed by atoms with Crippen LogP contribution in [0, 0.1) is 6.92 Å². The Kier molecular flexibility index (Phi) is 3.31. The van der Waals surface area contributed by atoms with Crippen LogP contribution in [-0.2, 0) is 9.68 Å². The maximum Gasteiger partial charge on any atom is 0.352 e. The third kappa shape index (κ3) is 2.73. The first kappa shape index (κ1) is 10.1. The van der Waals surface area contributed by atoms with Crippen molar-refractivity contribution in [2.24, 2.45) is 0 Å². The van der Waals surface area contributed by atoms with Gasteiger partial charge >= 0.3 is 5.97 Å². The highest BCUT2D eigenvalue weighted by Crippen LogP contribution is 2.27. The van der Waals surface area contributed by atoms with Crippen molar-refractivity contribution in [2.45, 2.75) is 13.8 Å². The van der Waals surface area contributed by atoms with Gasteiger partial charge in [0.05, 0.1) is 4.47 Å². The summed E-state index contributed by atoms with van der Waals surface area (Å²) in [5.74, 6) is 0.0172. The van der Waals surface area contributed by atoms with Gasteiger partial charge in [0.25, 0.3) is 0 Å². The van der Waals surface area contributed by atoms with Crippen molar-refractivity contribution in [3.8, 4) is 5.75 Å². The lowest BCUT2D eigenvalue weighted by atomic mass is 10.2. The molecule has 0 bridgehead atoms. The van der Waals surface area contributed by atoms with Crippen LogP contribution in [0.2, 0.25) is 0 Å². The van der Waals surface area contributed by atoms with Gasteiger partial charge in [-0.05, 0) is 34.5 Å². The quantitative estimate of drug-likeness (QED) is 0.593. The highest BCUT2D eigenvalue weighted by Gasteiger charge is 2.05. The van der Waals surface area contributed by atoms with Crippen LogP contribution in [0.1, 0.15) is 12.5 Å². The van der Waals surface area contributed by atoms with Crippen molar-refractivity contribution in [1.82, 2.24) is 0 Å². The average molecular weight is 245 g/mol. The van der Waals surface area contributed by atoms with Gasteiger partial charge in [0.2, 0.25) is 0 Å². The van der Waals surface area contributed by atoms with Crippen molar-refractivity contribution in [3.63, 3.8) is 0 Å². The van der Waals surface area contributed by atoms with Gasteiger partial charge in [0, 0.05) is 6.92 Å². The Labute approximate surface area is 84.7 Å². The van der Waals surface area contributed by atoms with Crippen LogP contribution >= 0.6 is 15.9 Å². The Bertz CT molecular complexity index is 323. The molecular formula is C9H9BrO3. The van der Waals surface area contributed by atoms with E-state index in [1.165, 1.54) is 6.92 Å². The van der Waals surface area contributed by atoms with Crippen molar-refractivity contribution >= 4 is 21.9 Å². The van der Waals surface area contributed by atoms with Crippen molar-refractivity contribution in [2.75, 3.05) is 0 Å². The van der Waals surface area contributed by atoms with Gasteiger partial charge in [-0.3, -0.25) is 9.78 Å². The number of halogens is 1. The van der Waals surface area contributed by atoms with Gasteiger partial charge in [-0.25, -0.2) is 4.79 Å². The van der Waals surface area contributed by atoms with Gasteiger partial charge in [-0.2, -0.15) is 0 Å². The summed E-state index contributed by atoms with van der Waals surface area (Å²) in [5.41, 5.74) is 1.02. The molecule has 0 aliphatic rings. The summed E-state index contributed by atoms with van der Waals surface area (Å²) < 4.78 is 0.788. The number of carbonyl (C=O) groups excluding carboxylic acids is 1. The molecule has 4 heteroatoms. The molecule has 0 aliphatic carbocycles. The maximum atomic E-state index is 10.5. The first-order valence-electron chi connectivity index (χ1n) is 3.71. The molecule has 1 aromatic carbocycles. The monoisotopic (exact) mass is 244 g/mol. The van der Waals surface area contributed by atoms with E-state index in [0.29, 0.717) is 5.75 Å². The molecule has 0 atom stereocenters. The second kappa shape index (κ2) is 4.28. The summed E-state index contributed by atoms with van der Waals surface area (Å²) in [4.78, 5) is 19.6. The van der Waals surface area contributed by atoms with E-state index >= 15 is 0 Å². The zero-order valence-electron chi connectivity index (χ0n) is 7.33. The number of hydrogen-bond acceptors (Lipinski definition) is 3. The summed E-state index contributed by atoms with van der Waals surface area (Å²) in [6.07, 6.45) is 0. The van der Waals surface area contributed by atoms with Crippen LogP contribution in [0.4, 0.5) is 0 Å². The van der Waals surface area contributed by atoms with E-state index in [-0.39, 0.29) is 0 Å². The van der Waals surface area contributed by atoms with Crippen LogP contribution < -0.4 is 4.89 Å². The van der Waals surface area contributed by atoms with Crippen molar-refractivity contribution < 1.29 is 14.6 Å². The molecule has 0 radical (unpaired) electrons. The Hall–Kier alpha value is -1.03. The minimum atomic E-state index is -0.478. The zero-order chi connectivity index (χ0) is 9.84. The molecular weight excluding hydrogens is 236 g/mol. The largest absolute Gasteiger partial charge is 0.352 e. The summed E-state index contributed by atoms with van der Waals surface area (Å²) in [7, 11) is 0. The van der Waals surface area contributed by atoms with Gasteiger partial charge in [0.15, 0.2) is 5.75 Å². The van der Waals surface area contributed by atoms with E-state index < -0.39 is 5.97 Å². The molecule has 1 rings (SSSR count). The molecule has 3 nitrogen and oxygen atoms in total. The van der Waals surface area contributed by atoms with Crippen LogP contribution in [-0.4, -0.2) is 5.97 Å². The van der Waals surface area contributed by atoms with E-state index in [2.05, 4.69) is 20.8 Å². The minimum absolute atomic E-state index is 0.478. The molecule has 0 aromatic heterocycles. The highest BCUT2D eigenvalue weighted by molar-refractivity contribution is 9.10. The fourth-order valence-electron chi connectivity index (χ4n) is 0.788. The van der Waals surface area contributed by atoms with Gasteiger partial charge < -0.3 is 0 Å². The second-order valence-corrected chi connectivity index (χ2v) is 3.34. The molecule has 0 aliphatic heterocycles. The lowest BCUT2D eigenvalue weighted by molar-refractivity contribution is -0.211. The first-order chi connectivity index (χ1) is 6.11. The summed E-state index contributed by atoms with van der Waals surface area (Å²) in [6.45, 7) is 3.20. The third-order valence-corrected chi connectivity index (χ3v) is 2.42. The fraction of sp³-hybridized carbons (Fsp3) is 0.222. The summed E-state index contributed by atoms with van der Waals surface area (Å²) in [5, 5.41) is 0. The molecule has 0 unspecified atom stereocenters. The lowest BCUT2D eigenvalue weighted by Gasteiger charge is -2.05. The van der Waals surface area contributed by atoms with Gasteiger partial charge in [-0.15, -0.1) is 0 Å². The minimum Gasteiger partial charge on any atom is -0.286 e. The normalized spacial score (nSPS) is 9.46. The molecule has 70 valence electrons. The Morgan fingerprint density at radius 3 is 2.77 bits per heavy atom. The van der Waals surface area contributed by atoms with Crippen LogP contribution in [0.25, 0.3) is 0 Å². The fourth-order valence-corrected chi connectivity index (χ4v) is 1.12. The Balaban J connectivity index is 2.77. The molecule has 1 aromatic rings. The number of hydrogen-bond donors (Lipinski definition) is 0. The Morgan fingerprint density at radius 1 is 1.46 bits per heavy atom. The molecule has 0 spiro atoms. The maximum absolute atomic E-state index is 10.5. The molecule has 0 fully saturated rings. The van der Waals surface area contributed by atoms with E-state index in [1.807, 2.05) is 19.1 Å². The number of benzene rings is 1. The van der Waals surface area contributed by atoms with E-state index in [9.17, 15) is 4.79 Å². The molecule has 0 N–H and O–H groups in total. The third-order valence-electron chi connectivity index (χ3n) is 1.41. The van der Waals surface area contributed by atoms with Gasteiger partial charge in [0.1, 0.15) is 0 Å². The average Bonchev–Trinajstić information content (AvgIpc) is 2.07. The SMILES string of the molecule is CC(=O)OOc1cccc(C)c1Br. The number of aryl methyl sites for hydroxylation is 1. The Morgan fingerprint density at radius 2 is 2.15 bits per heavy atom.